The van der Waals surface area contributed by atoms with Gasteiger partial charge in [-0.05, 0) is 44.2 Å². The van der Waals surface area contributed by atoms with E-state index in [0.717, 1.165) is 45.3 Å². The second-order valence-corrected chi connectivity index (χ2v) is 5.11. The van der Waals surface area contributed by atoms with E-state index < -0.39 is 0 Å². The number of hydrogen-bond acceptors (Lipinski definition) is 3. The lowest BCUT2D eigenvalue weighted by Crippen LogP contribution is -2.31. The molecule has 0 unspecified atom stereocenters. The first kappa shape index (κ1) is 13.3. The van der Waals surface area contributed by atoms with Crippen LogP contribution in [0.1, 0.15) is 25.7 Å². The van der Waals surface area contributed by atoms with Gasteiger partial charge in [0.25, 0.3) is 5.56 Å². The molecule has 18 heavy (non-hydrogen) atoms. The van der Waals surface area contributed by atoms with Gasteiger partial charge in [0.05, 0.1) is 6.10 Å². The van der Waals surface area contributed by atoms with Gasteiger partial charge in [0.15, 0.2) is 0 Å². The summed E-state index contributed by atoms with van der Waals surface area (Å²) in [6, 6.07) is 5.23. The first-order chi connectivity index (χ1) is 8.75. The Balaban J connectivity index is 1.64. The van der Waals surface area contributed by atoms with Crippen molar-refractivity contribution in [3.05, 3.63) is 34.7 Å². The summed E-state index contributed by atoms with van der Waals surface area (Å²) < 4.78 is 1.72. The number of rotatable bonds is 5. The summed E-state index contributed by atoms with van der Waals surface area (Å²) in [7, 11) is 0. The zero-order valence-corrected chi connectivity index (χ0v) is 10.7. The van der Waals surface area contributed by atoms with Gasteiger partial charge in [0, 0.05) is 25.4 Å². The van der Waals surface area contributed by atoms with Crippen molar-refractivity contribution in [2.24, 2.45) is 5.92 Å². The topological polar surface area (TPSA) is 54.3 Å². The molecule has 1 aliphatic carbocycles. The molecular formula is C14H22N2O2. The molecule has 0 bridgehead atoms. The van der Waals surface area contributed by atoms with Crippen LogP contribution in [0.3, 0.4) is 0 Å². The Labute approximate surface area is 108 Å². The van der Waals surface area contributed by atoms with Gasteiger partial charge in [0.2, 0.25) is 0 Å². The van der Waals surface area contributed by atoms with Gasteiger partial charge in [-0.3, -0.25) is 4.79 Å². The van der Waals surface area contributed by atoms with Crippen LogP contribution < -0.4 is 10.9 Å². The molecule has 0 radical (unpaired) electrons. The molecule has 2 rings (SSSR count). The zero-order valence-electron chi connectivity index (χ0n) is 10.7. The Morgan fingerprint density at radius 3 is 2.78 bits per heavy atom. The summed E-state index contributed by atoms with van der Waals surface area (Å²) in [6.45, 7) is 2.53. The van der Waals surface area contributed by atoms with Crippen LogP contribution in [-0.2, 0) is 6.54 Å². The number of aliphatic hydroxyl groups excluding tert-OH is 1. The summed E-state index contributed by atoms with van der Waals surface area (Å²) in [4.78, 5) is 11.5. The van der Waals surface area contributed by atoms with Crippen molar-refractivity contribution in [3.8, 4) is 0 Å². The van der Waals surface area contributed by atoms with Gasteiger partial charge in [-0.15, -0.1) is 0 Å². The highest BCUT2D eigenvalue weighted by atomic mass is 16.3. The summed E-state index contributed by atoms with van der Waals surface area (Å²) in [5.74, 6) is 0.681. The van der Waals surface area contributed by atoms with Crippen molar-refractivity contribution in [2.45, 2.75) is 38.3 Å². The molecule has 1 aliphatic rings. The summed E-state index contributed by atoms with van der Waals surface area (Å²) >= 11 is 0. The Hall–Kier alpha value is -1.13. The third kappa shape index (κ3) is 3.96. The van der Waals surface area contributed by atoms with Crippen LogP contribution in [0.25, 0.3) is 0 Å². The van der Waals surface area contributed by atoms with E-state index in [0.29, 0.717) is 5.92 Å². The minimum absolute atomic E-state index is 0.0556. The molecule has 1 aromatic heterocycles. The van der Waals surface area contributed by atoms with E-state index >= 15 is 0 Å². The minimum atomic E-state index is -0.0795. The van der Waals surface area contributed by atoms with Crippen LogP contribution in [-0.4, -0.2) is 28.9 Å². The Morgan fingerprint density at radius 1 is 1.28 bits per heavy atom. The van der Waals surface area contributed by atoms with Crippen molar-refractivity contribution in [1.82, 2.24) is 9.88 Å². The van der Waals surface area contributed by atoms with Gasteiger partial charge < -0.3 is 15.0 Å². The first-order valence-corrected chi connectivity index (χ1v) is 6.80. The average Bonchev–Trinajstić information content (AvgIpc) is 2.39. The fraction of sp³-hybridized carbons (Fsp3) is 0.643. The van der Waals surface area contributed by atoms with E-state index in [1.165, 1.54) is 0 Å². The van der Waals surface area contributed by atoms with Gasteiger partial charge in [-0.2, -0.15) is 0 Å². The largest absolute Gasteiger partial charge is 0.393 e. The molecule has 1 aromatic rings. The van der Waals surface area contributed by atoms with Crippen LogP contribution >= 0.6 is 0 Å². The standard InChI is InChI=1S/C14H22N2O2/c17-13-6-4-12(5-7-13)11-15-8-10-16-9-2-1-3-14(16)18/h1-3,9,12-13,15,17H,4-8,10-11H2. The molecule has 1 saturated carbocycles. The highest BCUT2D eigenvalue weighted by molar-refractivity contribution is 4.93. The normalized spacial score (nSPS) is 24.1. The van der Waals surface area contributed by atoms with E-state index in [2.05, 4.69) is 5.32 Å². The fourth-order valence-electron chi connectivity index (χ4n) is 2.50. The number of nitrogens with zero attached hydrogens (tertiary/aromatic N) is 1. The van der Waals surface area contributed by atoms with Crippen LogP contribution in [0.5, 0.6) is 0 Å². The van der Waals surface area contributed by atoms with Crippen molar-refractivity contribution in [3.63, 3.8) is 0 Å². The number of hydrogen-bond donors (Lipinski definition) is 2. The van der Waals surface area contributed by atoms with Crippen LogP contribution in [0, 0.1) is 5.92 Å². The van der Waals surface area contributed by atoms with Crippen LogP contribution in [0.15, 0.2) is 29.2 Å². The fourth-order valence-corrected chi connectivity index (χ4v) is 2.50. The SMILES string of the molecule is O=c1ccccn1CCNCC1CCC(O)CC1. The molecule has 0 aliphatic heterocycles. The Bertz CT molecular complexity index is 408. The van der Waals surface area contributed by atoms with E-state index in [-0.39, 0.29) is 11.7 Å². The highest BCUT2D eigenvalue weighted by Gasteiger charge is 2.18. The summed E-state index contributed by atoms with van der Waals surface area (Å²) in [5.41, 5.74) is 0.0556. The van der Waals surface area contributed by atoms with E-state index in [9.17, 15) is 9.90 Å². The Morgan fingerprint density at radius 2 is 2.06 bits per heavy atom. The Kier molecular flexibility index (Phi) is 4.96. The number of aliphatic hydroxyl groups is 1. The molecule has 0 saturated heterocycles. The number of nitrogens with one attached hydrogen (secondary N) is 1. The summed E-state index contributed by atoms with van der Waals surface area (Å²) in [5, 5.41) is 12.8. The van der Waals surface area contributed by atoms with Crippen LogP contribution in [0.4, 0.5) is 0 Å². The quantitative estimate of drug-likeness (QED) is 0.766. The van der Waals surface area contributed by atoms with E-state index in [4.69, 9.17) is 0 Å². The maximum Gasteiger partial charge on any atom is 0.250 e. The molecule has 0 aromatic carbocycles. The third-order valence-corrected chi connectivity index (χ3v) is 3.68. The molecule has 2 N–H and O–H groups in total. The van der Waals surface area contributed by atoms with Crippen molar-refractivity contribution in [2.75, 3.05) is 13.1 Å². The second kappa shape index (κ2) is 6.71. The third-order valence-electron chi connectivity index (χ3n) is 3.68. The van der Waals surface area contributed by atoms with Gasteiger partial charge >= 0.3 is 0 Å². The van der Waals surface area contributed by atoms with Crippen LogP contribution in [0.2, 0.25) is 0 Å². The number of aromatic nitrogens is 1. The van der Waals surface area contributed by atoms with Gasteiger partial charge in [-0.25, -0.2) is 0 Å². The highest BCUT2D eigenvalue weighted by Crippen LogP contribution is 2.23. The molecule has 4 heteroatoms. The number of pyridine rings is 1. The lowest BCUT2D eigenvalue weighted by Gasteiger charge is -2.25. The second-order valence-electron chi connectivity index (χ2n) is 5.11. The molecule has 0 amide bonds. The van der Waals surface area contributed by atoms with Gasteiger partial charge in [0.1, 0.15) is 0 Å². The molecular weight excluding hydrogens is 228 g/mol. The molecule has 0 spiro atoms. The van der Waals surface area contributed by atoms with Gasteiger partial charge in [-0.1, -0.05) is 6.07 Å². The monoisotopic (exact) mass is 250 g/mol. The van der Waals surface area contributed by atoms with E-state index in [1.54, 1.807) is 16.7 Å². The molecule has 4 nitrogen and oxygen atoms in total. The predicted octanol–water partition coefficient (Wildman–Crippen LogP) is 0.989. The van der Waals surface area contributed by atoms with Crippen molar-refractivity contribution < 1.29 is 5.11 Å². The smallest absolute Gasteiger partial charge is 0.250 e. The molecule has 1 fully saturated rings. The van der Waals surface area contributed by atoms with Crippen molar-refractivity contribution >= 4 is 0 Å². The molecule has 1 heterocycles. The zero-order chi connectivity index (χ0) is 12.8. The molecule has 100 valence electrons. The maximum atomic E-state index is 11.5. The maximum absolute atomic E-state index is 11.5. The van der Waals surface area contributed by atoms with E-state index in [1.807, 2.05) is 12.3 Å². The van der Waals surface area contributed by atoms with Crippen molar-refractivity contribution in [1.29, 1.82) is 0 Å². The summed E-state index contributed by atoms with van der Waals surface area (Å²) in [6.07, 6.45) is 5.83. The minimum Gasteiger partial charge on any atom is -0.393 e. The average molecular weight is 250 g/mol. The first-order valence-electron chi connectivity index (χ1n) is 6.80. The lowest BCUT2D eigenvalue weighted by atomic mass is 9.87. The molecule has 0 atom stereocenters. The predicted molar refractivity (Wildman–Crippen MR) is 71.5 cm³/mol. The lowest BCUT2D eigenvalue weighted by molar-refractivity contribution is 0.108.